The molecular weight excluding hydrogens is 394 g/mol. The van der Waals surface area contributed by atoms with Gasteiger partial charge in [0.2, 0.25) is 5.91 Å². The van der Waals surface area contributed by atoms with Crippen LogP contribution in [0.1, 0.15) is 34.1 Å². The lowest BCUT2D eigenvalue weighted by atomic mass is 10.1. The topological polar surface area (TPSA) is 90.8 Å². The van der Waals surface area contributed by atoms with Gasteiger partial charge in [0.1, 0.15) is 0 Å². The first-order valence-corrected chi connectivity index (χ1v) is 10.1. The molecule has 3 rings (SSSR count). The first-order chi connectivity index (χ1) is 14.9. The van der Waals surface area contributed by atoms with Gasteiger partial charge in [0.25, 0.3) is 0 Å². The molecule has 0 bridgehead atoms. The molecule has 0 unspecified atom stereocenters. The van der Waals surface area contributed by atoms with Crippen LogP contribution in [0.4, 0.5) is 0 Å². The molecule has 0 spiro atoms. The minimum atomic E-state index is -1.03. The molecule has 0 atom stereocenters. The fraction of sp³-hybridized carbons (Fsp3) is 0.250. The van der Waals surface area contributed by atoms with Gasteiger partial charge in [-0.2, -0.15) is 0 Å². The van der Waals surface area contributed by atoms with Crippen molar-refractivity contribution in [1.29, 1.82) is 0 Å². The molecule has 1 aromatic heterocycles. The summed E-state index contributed by atoms with van der Waals surface area (Å²) in [6.45, 7) is 5.60. The first kappa shape index (κ1) is 22.1. The van der Waals surface area contributed by atoms with E-state index in [0.717, 1.165) is 49.9 Å². The number of carbonyl (C=O) groups excluding carboxylic acids is 2. The highest BCUT2D eigenvalue weighted by atomic mass is 16.4. The number of piperazine rings is 1. The number of carboxylic acids is 1. The van der Waals surface area contributed by atoms with Gasteiger partial charge in [-0.05, 0) is 35.4 Å². The Balaban J connectivity index is 1.53. The molecule has 2 heterocycles. The van der Waals surface area contributed by atoms with E-state index in [0.29, 0.717) is 11.3 Å². The van der Waals surface area contributed by atoms with Crippen LogP contribution < -0.4 is 0 Å². The number of benzene rings is 1. The second-order valence-electron chi connectivity index (χ2n) is 7.36. The van der Waals surface area contributed by atoms with Crippen LogP contribution in [-0.4, -0.2) is 63.7 Å². The molecule has 1 fully saturated rings. The molecule has 1 aliphatic rings. The van der Waals surface area contributed by atoms with Crippen molar-refractivity contribution in [1.82, 2.24) is 14.8 Å². The zero-order valence-electron chi connectivity index (χ0n) is 17.4. The summed E-state index contributed by atoms with van der Waals surface area (Å²) in [5.41, 5.74) is 3.02. The Kier molecular flexibility index (Phi) is 7.45. The summed E-state index contributed by atoms with van der Waals surface area (Å²) in [5.74, 6) is -1.01. The SMILES string of the molecule is CC(=O)N1CCN(Cc2ccc(C(=O)/C=C/c3ccc(/C=C/C(=O)O)nc3)cc2)CC1. The average molecular weight is 419 g/mol. The largest absolute Gasteiger partial charge is 0.478 e. The van der Waals surface area contributed by atoms with Gasteiger partial charge in [-0.25, -0.2) is 4.79 Å². The van der Waals surface area contributed by atoms with Crippen LogP contribution in [0.25, 0.3) is 12.2 Å². The minimum absolute atomic E-state index is 0.100. The Morgan fingerprint density at radius 2 is 1.68 bits per heavy atom. The van der Waals surface area contributed by atoms with Gasteiger partial charge in [-0.15, -0.1) is 0 Å². The molecule has 0 aliphatic carbocycles. The molecule has 0 radical (unpaired) electrons. The number of carbonyl (C=O) groups is 3. The maximum atomic E-state index is 12.4. The van der Waals surface area contributed by atoms with Gasteiger partial charge < -0.3 is 10.0 Å². The minimum Gasteiger partial charge on any atom is -0.478 e. The van der Waals surface area contributed by atoms with Gasteiger partial charge in [0.15, 0.2) is 5.78 Å². The van der Waals surface area contributed by atoms with Gasteiger partial charge in [-0.1, -0.05) is 30.3 Å². The molecule has 31 heavy (non-hydrogen) atoms. The van der Waals surface area contributed by atoms with Crippen molar-refractivity contribution in [2.45, 2.75) is 13.5 Å². The number of amides is 1. The second kappa shape index (κ2) is 10.4. The average Bonchev–Trinajstić information content (AvgIpc) is 2.77. The summed E-state index contributed by atoms with van der Waals surface area (Å²) < 4.78 is 0. The molecular formula is C24H25N3O4. The Hall–Kier alpha value is -3.58. The Morgan fingerprint density at radius 1 is 0.968 bits per heavy atom. The molecule has 2 aromatic rings. The van der Waals surface area contributed by atoms with E-state index in [1.807, 2.05) is 29.2 Å². The van der Waals surface area contributed by atoms with Crippen LogP contribution in [0.2, 0.25) is 0 Å². The van der Waals surface area contributed by atoms with E-state index in [1.165, 1.54) is 12.2 Å². The van der Waals surface area contributed by atoms with E-state index in [2.05, 4.69) is 9.88 Å². The smallest absolute Gasteiger partial charge is 0.328 e. The monoisotopic (exact) mass is 419 g/mol. The summed E-state index contributed by atoms with van der Waals surface area (Å²) in [4.78, 5) is 42.7. The molecule has 1 N–H and O–H groups in total. The van der Waals surface area contributed by atoms with E-state index in [1.54, 1.807) is 31.3 Å². The van der Waals surface area contributed by atoms with E-state index in [-0.39, 0.29) is 11.7 Å². The third-order valence-electron chi connectivity index (χ3n) is 5.10. The Morgan fingerprint density at radius 3 is 2.26 bits per heavy atom. The third-order valence-corrected chi connectivity index (χ3v) is 5.10. The maximum Gasteiger partial charge on any atom is 0.328 e. The Labute approximate surface area is 181 Å². The summed E-state index contributed by atoms with van der Waals surface area (Å²) >= 11 is 0. The maximum absolute atomic E-state index is 12.4. The molecule has 0 saturated carbocycles. The summed E-state index contributed by atoms with van der Waals surface area (Å²) in [5, 5.41) is 8.63. The number of nitrogens with zero attached hydrogens (tertiary/aromatic N) is 3. The summed E-state index contributed by atoms with van der Waals surface area (Å²) in [7, 11) is 0. The van der Waals surface area contributed by atoms with Crippen LogP contribution in [0, 0.1) is 0 Å². The quantitative estimate of drug-likeness (QED) is 0.548. The van der Waals surface area contributed by atoms with E-state index in [9.17, 15) is 14.4 Å². The van der Waals surface area contributed by atoms with Crippen molar-refractivity contribution < 1.29 is 19.5 Å². The van der Waals surface area contributed by atoms with Gasteiger partial charge in [0.05, 0.1) is 5.69 Å². The summed E-state index contributed by atoms with van der Waals surface area (Å²) in [6, 6.07) is 11.0. The first-order valence-electron chi connectivity index (χ1n) is 10.1. The lowest BCUT2D eigenvalue weighted by Crippen LogP contribution is -2.47. The van der Waals surface area contributed by atoms with Crippen LogP contribution in [0.3, 0.4) is 0 Å². The molecule has 1 amide bonds. The fourth-order valence-electron chi connectivity index (χ4n) is 3.29. The van der Waals surface area contributed by atoms with Gasteiger partial charge >= 0.3 is 5.97 Å². The molecule has 1 aliphatic heterocycles. The number of hydrogen-bond acceptors (Lipinski definition) is 5. The highest BCUT2D eigenvalue weighted by molar-refractivity contribution is 6.06. The summed E-state index contributed by atoms with van der Waals surface area (Å²) in [6.07, 6.45) is 7.20. The number of hydrogen-bond donors (Lipinski definition) is 1. The van der Waals surface area contributed by atoms with E-state index in [4.69, 9.17) is 5.11 Å². The van der Waals surface area contributed by atoms with E-state index < -0.39 is 5.97 Å². The van der Waals surface area contributed by atoms with Crippen LogP contribution in [0.15, 0.2) is 54.7 Å². The van der Waals surface area contributed by atoms with Crippen LogP contribution in [0.5, 0.6) is 0 Å². The highest BCUT2D eigenvalue weighted by Crippen LogP contribution is 2.12. The van der Waals surface area contributed by atoms with Crippen molar-refractivity contribution in [2.24, 2.45) is 0 Å². The van der Waals surface area contributed by atoms with Crippen LogP contribution in [-0.2, 0) is 16.1 Å². The Bertz CT molecular complexity index is 986. The normalized spacial score (nSPS) is 14.9. The molecule has 1 aromatic carbocycles. The van der Waals surface area contributed by atoms with Crippen molar-refractivity contribution in [3.8, 4) is 0 Å². The van der Waals surface area contributed by atoms with Crippen molar-refractivity contribution in [3.05, 3.63) is 77.1 Å². The molecule has 160 valence electrons. The number of aliphatic carboxylic acids is 1. The fourth-order valence-corrected chi connectivity index (χ4v) is 3.29. The predicted molar refractivity (Wildman–Crippen MR) is 118 cm³/mol. The zero-order chi connectivity index (χ0) is 22.2. The van der Waals surface area contributed by atoms with Crippen molar-refractivity contribution in [2.75, 3.05) is 26.2 Å². The zero-order valence-corrected chi connectivity index (χ0v) is 17.4. The van der Waals surface area contributed by atoms with Crippen LogP contribution >= 0.6 is 0 Å². The number of pyridine rings is 1. The number of rotatable bonds is 7. The molecule has 7 nitrogen and oxygen atoms in total. The molecule has 7 heteroatoms. The second-order valence-corrected chi connectivity index (χ2v) is 7.36. The lowest BCUT2D eigenvalue weighted by Gasteiger charge is -2.34. The van der Waals surface area contributed by atoms with Crippen molar-refractivity contribution >= 4 is 29.8 Å². The van der Waals surface area contributed by atoms with Gasteiger partial charge in [-0.3, -0.25) is 19.5 Å². The molecule has 1 saturated heterocycles. The predicted octanol–water partition coefficient (Wildman–Crippen LogP) is 2.74. The van der Waals surface area contributed by atoms with Crippen molar-refractivity contribution in [3.63, 3.8) is 0 Å². The van der Waals surface area contributed by atoms with Gasteiger partial charge in [0, 0.05) is 57.5 Å². The number of allylic oxidation sites excluding steroid dienone is 1. The lowest BCUT2D eigenvalue weighted by molar-refractivity contribution is -0.131. The standard InChI is InChI=1S/C24H25N3O4/c1-18(28)27-14-12-26(13-15-27)17-20-2-6-21(7-3-20)23(29)10-5-19-4-8-22(25-16-19)9-11-24(30)31/h2-11,16H,12-15,17H2,1H3,(H,30,31)/b10-5+,11-9+. The number of ketones is 1. The highest BCUT2D eigenvalue weighted by Gasteiger charge is 2.18. The third kappa shape index (κ3) is 6.72. The number of carboxylic acid groups (broad SMARTS) is 1. The number of aromatic nitrogens is 1. The van der Waals surface area contributed by atoms with E-state index >= 15 is 0 Å².